The highest BCUT2D eigenvalue weighted by Crippen LogP contribution is 2.20. The highest BCUT2D eigenvalue weighted by atomic mass is 32.1. The Labute approximate surface area is 161 Å². The summed E-state index contributed by atoms with van der Waals surface area (Å²) in [6.45, 7) is 3.49. The van der Waals surface area contributed by atoms with Crippen molar-refractivity contribution in [3.05, 3.63) is 68.1 Å². The van der Waals surface area contributed by atoms with Gasteiger partial charge in [-0.2, -0.15) is 0 Å². The van der Waals surface area contributed by atoms with E-state index in [9.17, 15) is 9.59 Å². The number of hydrogen-bond donors (Lipinski definition) is 1. The lowest BCUT2D eigenvalue weighted by atomic mass is 10.1. The summed E-state index contributed by atoms with van der Waals surface area (Å²) in [7, 11) is 0. The van der Waals surface area contributed by atoms with E-state index in [0.717, 1.165) is 35.9 Å². The second kappa shape index (κ2) is 7.66. The van der Waals surface area contributed by atoms with E-state index in [1.807, 2.05) is 48.7 Å². The summed E-state index contributed by atoms with van der Waals surface area (Å²) in [6, 6.07) is 11.5. The van der Waals surface area contributed by atoms with E-state index in [1.165, 1.54) is 11.3 Å². The van der Waals surface area contributed by atoms with E-state index in [0.29, 0.717) is 17.0 Å². The van der Waals surface area contributed by atoms with Gasteiger partial charge in [-0.15, -0.1) is 11.3 Å². The fourth-order valence-corrected chi connectivity index (χ4v) is 4.25. The molecular weight excluding hydrogens is 360 g/mol. The average molecular weight is 382 g/mol. The Morgan fingerprint density at radius 1 is 1.33 bits per heavy atom. The molecule has 5 nitrogen and oxygen atoms in total. The van der Waals surface area contributed by atoms with Gasteiger partial charge in [0, 0.05) is 18.7 Å². The molecule has 1 aromatic carbocycles. The molecule has 1 aliphatic heterocycles. The number of pyridine rings is 1. The predicted octanol–water partition coefficient (Wildman–Crippen LogP) is 3.72. The smallest absolute Gasteiger partial charge is 0.264 e. The maximum atomic E-state index is 13.0. The Kier molecular flexibility index (Phi) is 5.09. The Balaban J connectivity index is 1.66. The van der Waals surface area contributed by atoms with Crippen LogP contribution < -0.4 is 5.56 Å². The molecule has 1 amide bonds. The molecule has 3 heterocycles. The average Bonchev–Trinajstić information content (AvgIpc) is 3.36. The van der Waals surface area contributed by atoms with Crippen molar-refractivity contribution < 1.29 is 9.53 Å². The van der Waals surface area contributed by atoms with Crippen molar-refractivity contribution in [1.82, 2.24) is 9.88 Å². The minimum Gasteiger partial charge on any atom is -0.376 e. The minimum absolute atomic E-state index is 0.0377. The van der Waals surface area contributed by atoms with Crippen LogP contribution in [-0.4, -0.2) is 35.0 Å². The normalized spacial score (nSPS) is 16.7. The van der Waals surface area contributed by atoms with Crippen LogP contribution in [0.2, 0.25) is 0 Å². The van der Waals surface area contributed by atoms with Crippen molar-refractivity contribution in [2.45, 2.75) is 32.4 Å². The number of aryl methyl sites for hydroxylation is 1. The number of para-hydroxylation sites is 1. The van der Waals surface area contributed by atoms with Crippen LogP contribution in [0, 0.1) is 6.92 Å². The van der Waals surface area contributed by atoms with Gasteiger partial charge in [-0.3, -0.25) is 9.59 Å². The number of carbonyl (C=O) groups is 1. The number of carbonyl (C=O) groups excluding carboxylic acids is 1. The number of benzene rings is 1. The zero-order chi connectivity index (χ0) is 18.8. The van der Waals surface area contributed by atoms with Crippen LogP contribution in [0.15, 0.2) is 46.6 Å². The highest BCUT2D eigenvalue weighted by molar-refractivity contribution is 7.12. The van der Waals surface area contributed by atoms with Crippen molar-refractivity contribution in [2.75, 3.05) is 13.2 Å². The van der Waals surface area contributed by atoms with Crippen LogP contribution in [0.3, 0.4) is 0 Å². The zero-order valence-corrected chi connectivity index (χ0v) is 16.1. The standard InChI is InChI=1S/C21H22N2O3S/c1-14-5-2-6-15-11-16(20(24)22-19(14)15)12-23(13-17-7-3-9-26-17)21(25)18-8-4-10-27-18/h2,4-6,8,10-11,17H,3,7,9,12-13H2,1H3,(H,22,24)/t17-/m0/s1. The molecule has 1 saturated heterocycles. The molecule has 140 valence electrons. The van der Waals surface area contributed by atoms with E-state index in [1.54, 1.807) is 4.90 Å². The summed E-state index contributed by atoms with van der Waals surface area (Å²) in [5, 5.41) is 2.87. The summed E-state index contributed by atoms with van der Waals surface area (Å²) in [4.78, 5) is 31.0. The number of H-pyrrole nitrogens is 1. The maximum absolute atomic E-state index is 13.0. The quantitative estimate of drug-likeness (QED) is 0.732. The van der Waals surface area contributed by atoms with Gasteiger partial charge in [0.2, 0.25) is 0 Å². The summed E-state index contributed by atoms with van der Waals surface area (Å²) in [5.74, 6) is -0.0516. The molecule has 27 heavy (non-hydrogen) atoms. The molecular formula is C21H22N2O3S. The fourth-order valence-electron chi connectivity index (χ4n) is 3.56. The van der Waals surface area contributed by atoms with Gasteiger partial charge in [-0.25, -0.2) is 0 Å². The Bertz CT molecular complexity index is 1000. The summed E-state index contributed by atoms with van der Waals surface area (Å²) in [6.07, 6.45) is 2.00. The Hall–Kier alpha value is -2.44. The summed E-state index contributed by atoms with van der Waals surface area (Å²) >= 11 is 1.42. The Morgan fingerprint density at radius 2 is 2.22 bits per heavy atom. The molecule has 6 heteroatoms. The van der Waals surface area contributed by atoms with Gasteiger partial charge < -0.3 is 14.6 Å². The third kappa shape index (κ3) is 3.82. The second-order valence-electron chi connectivity index (χ2n) is 6.96. The lowest BCUT2D eigenvalue weighted by Gasteiger charge is -2.25. The maximum Gasteiger partial charge on any atom is 0.264 e. The van der Waals surface area contributed by atoms with Crippen LogP contribution in [-0.2, 0) is 11.3 Å². The minimum atomic E-state index is -0.145. The van der Waals surface area contributed by atoms with Gasteiger partial charge >= 0.3 is 0 Å². The molecule has 0 saturated carbocycles. The van der Waals surface area contributed by atoms with Crippen LogP contribution >= 0.6 is 11.3 Å². The predicted molar refractivity (Wildman–Crippen MR) is 107 cm³/mol. The monoisotopic (exact) mass is 382 g/mol. The molecule has 3 aromatic rings. The fraction of sp³-hybridized carbons (Fsp3) is 0.333. The number of aromatic nitrogens is 1. The van der Waals surface area contributed by atoms with Crippen molar-refractivity contribution in [3.8, 4) is 0 Å². The van der Waals surface area contributed by atoms with E-state index >= 15 is 0 Å². The van der Waals surface area contributed by atoms with Gasteiger partial charge in [0.1, 0.15) is 0 Å². The van der Waals surface area contributed by atoms with Gasteiger partial charge in [-0.1, -0.05) is 24.3 Å². The van der Waals surface area contributed by atoms with Crippen molar-refractivity contribution >= 4 is 28.1 Å². The molecule has 1 fully saturated rings. The van der Waals surface area contributed by atoms with Gasteiger partial charge in [-0.05, 0) is 48.2 Å². The highest BCUT2D eigenvalue weighted by Gasteiger charge is 2.25. The lowest BCUT2D eigenvalue weighted by molar-refractivity contribution is 0.0510. The van der Waals surface area contributed by atoms with Gasteiger partial charge in [0.25, 0.3) is 11.5 Å². The van der Waals surface area contributed by atoms with E-state index in [-0.39, 0.29) is 24.1 Å². The first kappa shape index (κ1) is 17.9. The number of thiophene rings is 1. The number of nitrogens with zero attached hydrogens (tertiary/aromatic N) is 1. The van der Waals surface area contributed by atoms with Crippen molar-refractivity contribution in [1.29, 1.82) is 0 Å². The molecule has 0 aliphatic carbocycles. The first-order chi connectivity index (χ1) is 13.1. The number of rotatable bonds is 5. The Morgan fingerprint density at radius 3 is 2.96 bits per heavy atom. The molecule has 1 N–H and O–H groups in total. The molecule has 0 radical (unpaired) electrons. The first-order valence-electron chi connectivity index (χ1n) is 9.18. The molecule has 1 aliphatic rings. The topological polar surface area (TPSA) is 62.4 Å². The number of ether oxygens (including phenoxy) is 1. The molecule has 4 rings (SSSR count). The summed E-state index contributed by atoms with van der Waals surface area (Å²) in [5.41, 5.74) is 2.33. The third-order valence-electron chi connectivity index (χ3n) is 4.99. The number of amides is 1. The van der Waals surface area contributed by atoms with Crippen molar-refractivity contribution in [2.24, 2.45) is 0 Å². The third-order valence-corrected chi connectivity index (χ3v) is 5.85. The lowest BCUT2D eigenvalue weighted by Crippen LogP contribution is -2.38. The van der Waals surface area contributed by atoms with E-state index in [2.05, 4.69) is 4.98 Å². The molecule has 0 bridgehead atoms. The van der Waals surface area contributed by atoms with Crippen LogP contribution in [0.4, 0.5) is 0 Å². The zero-order valence-electron chi connectivity index (χ0n) is 15.2. The number of fused-ring (bicyclic) bond motifs is 1. The number of aromatic amines is 1. The summed E-state index contributed by atoms with van der Waals surface area (Å²) < 4.78 is 5.73. The van der Waals surface area contributed by atoms with Gasteiger partial charge in [0.15, 0.2) is 0 Å². The number of nitrogens with one attached hydrogen (secondary N) is 1. The van der Waals surface area contributed by atoms with Gasteiger partial charge in [0.05, 0.1) is 23.0 Å². The molecule has 0 unspecified atom stereocenters. The largest absolute Gasteiger partial charge is 0.376 e. The first-order valence-corrected chi connectivity index (χ1v) is 10.1. The van der Waals surface area contributed by atoms with Crippen molar-refractivity contribution in [3.63, 3.8) is 0 Å². The van der Waals surface area contributed by atoms with Crippen LogP contribution in [0.5, 0.6) is 0 Å². The van der Waals surface area contributed by atoms with E-state index in [4.69, 9.17) is 4.74 Å². The molecule has 2 aromatic heterocycles. The second-order valence-corrected chi connectivity index (χ2v) is 7.91. The molecule has 1 atom stereocenters. The van der Waals surface area contributed by atoms with Crippen LogP contribution in [0.25, 0.3) is 10.9 Å². The molecule has 0 spiro atoms. The number of hydrogen-bond acceptors (Lipinski definition) is 4. The van der Waals surface area contributed by atoms with E-state index < -0.39 is 0 Å². The van der Waals surface area contributed by atoms with Crippen LogP contribution in [0.1, 0.15) is 33.6 Å². The SMILES string of the molecule is Cc1cccc2cc(CN(C[C@@H]3CCCO3)C(=O)c3cccs3)c(=O)[nH]c12.